The Morgan fingerprint density at radius 2 is 1.94 bits per heavy atom. The second kappa shape index (κ2) is 4.84. The molecule has 0 radical (unpaired) electrons. The maximum atomic E-state index is 12.1. The van der Waals surface area contributed by atoms with Gasteiger partial charge in [0.25, 0.3) is 0 Å². The lowest BCUT2D eigenvalue weighted by atomic mass is 10.00. The third-order valence-electron chi connectivity index (χ3n) is 3.04. The van der Waals surface area contributed by atoms with Gasteiger partial charge in [-0.1, -0.05) is 0 Å². The SMILES string of the molecule is CC(NC(=O)C(F)(F)F)C(C)(C)OCC1CC1. The summed E-state index contributed by atoms with van der Waals surface area (Å²) in [6, 6.07) is -0.699. The molecule has 0 aromatic rings. The fourth-order valence-electron chi connectivity index (χ4n) is 1.19. The molecule has 0 bridgehead atoms. The van der Waals surface area contributed by atoms with Gasteiger partial charge in [-0.15, -0.1) is 0 Å². The van der Waals surface area contributed by atoms with Crippen LogP contribution in [-0.4, -0.2) is 30.3 Å². The van der Waals surface area contributed by atoms with Crippen LogP contribution in [0.3, 0.4) is 0 Å². The number of alkyl halides is 3. The van der Waals surface area contributed by atoms with Crippen molar-refractivity contribution in [3.05, 3.63) is 0 Å². The monoisotopic (exact) mass is 253 g/mol. The molecule has 0 saturated heterocycles. The minimum atomic E-state index is -4.85. The lowest BCUT2D eigenvalue weighted by Crippen LogP contribution is -2.52. The molecule has 1 rings (SSSR count). The van der Waals surface area contributed by atoms with Gasteiger partial charge in [0.05, 0.1) is 18.2 Å². The van der Waals surface area contributed by atoms with Gasteiger partial charge in [0.1, 0.15) is 0 Å². The number of rotatable bonds is 5. The van der Waals surface area contributed by atoms with Gasteiger partial charge in [-0.2, -0.15) is 13.2 Å². The van der Waals surface area contributed by atoms with Crippen LogP contribution in [0.15, 0.2) is 0 Å². The fourth-order valence-corrected chi connectivity index (χ4v) is 1.19. The summed E-state index contributed by atoms with van der Waals surface area (Å²) in [7, 11) is 0. The predicted molar refractivity (Wildman–Crippen MR) is 56.4 cm³/mol. The van der Waals surface area contributed by atoms with E-state index in [-0.39, 0.29) is 0 Å². The van der Waals surface area contributed by atoms with Gasteiger partial charge in [0.15, 0.2) is 0 Å². The molecule has 3 nitrogen and oxygen atoms in total. The highest BCUT2D eigenvalue weighted by molar-refractivity contribution is 5.82. The van der Waals surface area contributed by atoms with Crippen LogP contribution in [0.1, 0.15) is 33.6 Å². The smallest absolute Gasteiger partial charge is 0.373 e. The van der Waals surface area contributed by atoms with Gasteiger partial charge in [0, 0.05) is 0 Å². The van der Waals surface area contributed by atoms with Crippen molar-refractivity contribution in [2.75, 3.05) is 6.61 Å². The van der Waals surface area contributed by atoms with E-state index in [1.165, 1.54) is 6.92 Å². The summed E-state index contributed by atoms with van der Waals surface area (Å²) in [6.45, 7) is 5.41. The van der Waals surface area contributed by atoms with E-state index in [4.69, 9.17) is 4.74 Å². The van der Waals surface area contributed by atoms with Crippen LogP contribution in [0.2, 0.25) is 0 Å². The average Bonchev–Trinajstić information content (AvgIpc) is 2.96. The molecular formula is C11H18F3NO2. The molecule has 1 saturated carbocycles. The Labute approximate surface area is 98.7 Å². The summed E-state index contributed by atoms with van der Waals surface area (Å²) in [5, 5.41) is 1.92. The molecule has 0 spiro atoms. The highest BCUT2D eigenvalue weighted by Gasteiger charge is 2.41. The van der Waals surface area contributed by atoms with Crippen LogP contribution in [-0.2, 0) is 9.53 Å². The van der Waals surface area contributed by atoms with Crippen molar-refractivity contribution in [2.24, 2.45) is 5.92 Å². The van der Waals surface area contributed by atoms with Gasteiger partial charge in [-0.3, -0.25) is 4.79 Å². The summed E-state index contributed by atoms with van der Waals surface area (Å²) >= 11 is 0. The zero-order valence-electron chi connectivity index (χ0n) is 10.2. The molecule has 1 fully saturated rings. The van der Waals surface area contributed by atoms with Crippen LogP contribution in [0.4, 0.5) is 13.2 Å². The molecular weight excluding hydrogens is 235 g/mol. The number of halogens is 3. The van der Waals surface area contributed by atoms with Gasteiger partial charge in [-0.05, 0) is 39.5 Å². The Kier molecular flexibility index (Phi) is 4.06. The lowest BCUT2D eigenvalue weighted by Gasteiger charge is -2.32. The molecule has 1 amide bonds. The molecule has 0 aliphatic heterocycles. The molecule has 0 heterocycles. The number of amides is 1. The first-order valence-electron chi connectivity index (χ1n) is 5.64. The van der Waals surface area contributed by atoms with Crippen LogP contribution < -0.4 is 5.32 Å². The van der Waals surface area contributed by atoms with Gasteiger partial charge in [-0.25, -0.2) is 0 Å². The zero-order valence-corrected chi connectivity index (χ0v) is 10.2. The maximum Gasteiger partial charge on any atom is 0.471 e. The van der Waals surface area contributed by atoms with Crippen molar-refractivity contribution in [2.45, 2.75) is 51.4 Å². The third kappa shape index (κ3) is 4.53. The molecule has 1 aliphatic carbocycles. The first-order valence-corrected chi connectivity index (χ1v) is 5.64. The largest absolute Gasteiger partial charge is 0.471 e. The van der Waals surface area contributed by atoms with E-state index < -0.39 is 23.7 Å². The fraction of sp³-hybridized carbons (Fsp3) is 0.909. The maximum absolute atomic E-state index is 12.1. The van der Waals surface area contributed by atoms with E-state index in [1.54, 1.807) is 13.8 Å². The van der Waals surface area contributed by atoms with E-state index in [2.05, 4.69) is 0 Å². The topological polar surface area (TPSA) is 38.3 Å². The first kappa shape index (κ1) is 14.3. The Balaban J connectivity index is 2.43. The summed E-state index contributed by atoms with van der Waals surface area (Å²) in [5.74, 6) is -1.40. The van der Waals surface area contributed by atoms with Crippen LogP contribution in [0, 0.1) is 5.92 Å². The van der Waals surface area contributed by atoms with Crippen molar-refractivity contribution in [1.82, 2.24) is 5.32 Å². The number of hydrogen-bond acceptors (Lipinski definition) is 2. The van der Waals surface area contributed by atoms with Crippen LogP contribution in [0.5, 0.6) is 0 Å². The third-order valence-corrected chi connectivity index (χ3v) is 3.04. The molecule has 0 aromatic carbocycles. The van der Waals surface area contributed by atoms with Gasteiger partial charge >= 0.3 is 12.1 Å². The number of carbonyl (C=O) groups excluding carboxylic acids is 1. The van der Waals surface area contributed by atoms with Crippen molar-refractivity contribution < 1.29 is 22.7 Å². The molecule has 1 unspecified atom stereocenters. The van der Waals surface area contributed by atoms with Crippen molar-refractivity contribution in [1.29, 1.82) is 0 Å². The highest BCUT2D eigenvalue weighted by atomic mass is 19.4. The predicted octanol–water partition coefficient (Wildman–Crippen LogP) is 2.26. The first-order chi connectivity index (χ1) is 7.63. The van der Waals surface area contributed by atoms with Crippen molar-refractivity contribution in [3.8, 4) is 0 Å². The normalized spacial score (nSPS) is 18.9. The molecule has 1 N–H and O–H groups in total. The Hall–Kier alpha value is -0.780. The van der Waals surface area contributed by atoms with Crippen molar-refractivity contribution >= 4 is 5.91 Å². The highest BCUT2D eigenvalue weighted by Crippen LogP contribution is 2.31. The van der Waals surface area contributed by atoms with E-state index >= 15 is 0 Å². The molecule has 6 heteroatoms. The second-order valence-corrected chi connectivity index (χ2v) is 5.05. The van der Waals surface area contributed by atoms with Gasteiger partial charge in [0.2, 0.25) is 0 Å². The van der Waals surface area contributed by atoms with E-state index in [0.717, 1.165) is 12.8 Å². The number of ether oxygens (including phenoxy) is 1. The minimum Gasteiger partial charge on any atom is -0.373 e. The van der Waals surface area contributed by atoms with Crippen LogP contribution >= 0.6 is 0 Å². The standard InChI is InChI=1S/C11H18F3NO2/c1-7(15-9(16)11(12,13)14)10(2,3)17-6-8-4-5-8/h7-8H,4-6H2,1-3H3,(H,15,16). The molecule has 1 atom stereocenters. The molecule has 0 aromatic heterocycles. The van der Waals surface area contributed by atoms with Crippen molar-refractivity contribution in [3.63, 3.8) is 0 Å². The van der Waals surface area contributed by atoms with Gasteiger partial charge < -0.3 is 10.1 Å². The number of hydrogen-bond donors (Lipinski definition) is 1. The summed E-state index contributed by atoms with van der Waals surface area (Å²) in [4.78, 5) is 10.8. The molecule has 1 aliphatic rings. The Bertz CT molecular complexity index is 285. The second-order valence-electron chi connectivity index (χ2n) is 5.05. The summed E-state index contributed by atoms with van der Waals surface area (Å²) in [5.41, 5.74) is -0.802. The summed E-state index contributed by atoms with van der Waals surface area (Å²) in [6.07, 6.45) is -2.63. The Morgan fingerprint density at radius 1 is 1.41 bits per heavy atom. The summed E-state index contributed by atoms with van der Waals surface area (Å²) < 4.78 is 41.8. The van der Waals surface area contributed by atoms with E-state index in [0.29, 0.717) is 12.5 Å². The van der Waals surface area contributed by atoms with Crippen LogP contribution in [0.25, 0.3) is 0 Å². The average molecular weight is 253 g/mol. The Morgan fingerprint density at radius 3 is 2.35 bits per heavy atom. The lowest BCUT2D eigenvalue weighted by molar-refractivity contribution is -0.176. The zero-order chi connectivity index (χ0) is 13.3. The van der Waals surface area contributed by atoms with E-state index in [9.17, 15) is 18.0 Å². The number of carbonyl (C=O) groups is 1. The van der Waals surface area contributed by atoms with E-state index in [1.807, 2.05) is 5.32 Å². The number of nitrogens with one attached hydrogen (secondary N) is 1. The minimum absolute atomic E-state index is 0.528. The quantitative estimate of drug-likeness (QED) is 0.816. The molecule has 17 heavy (non-hydrogen) atoms. The molecule has 100 valence electrons.